The van der Waals surface area contributed by atoms with E-state index >= 15 is 0 Å². The van der Waals surface area contributed by atoms with E-state index in [-0.39, 0.29) is 30.6 Å². The smallest absolute Gasteiger partial charge is 0.315 e. The van der Waals surface area contributed by atoms with Crippen molar-refractivity contribution in [2.24, 2.45) is 5.92 Å². The van der Waals surface area contributed by atoms with E-state index in [0.717, 1.165) is 11.3 Å². The molecule has 1 aromatic carbocycles. The molecule has 3 unspecified atom stereocenters. The molecule has 25 heavy (non-hydrogen) atoms. The van der Waals surface area contributed by atoms with Crippen LogP contribution in [0.5, 0.6) is 0 Å². The summed E-state index contributed by atoms with van der Waals surface area (Å²) in [5.74, 6) is -0.00357. The highest BCUT2D eigenvalue weighted by molar-refractivity contribution is 5.74. The van der Waals surface area contributed by atoms with Crippen LogP contribution in [-0.2, 0) is 6.42 Å². The number of rotatable bonds is 7. The van der Waals surface area contributed by atoms with E-state index in [1.165, 1.54) is 5.56 Å². The molecule has 0 aliphatic heterocycles. The number of pyridine rings is 1. The maximum atomic E-state index is 12.4. The SMILES string of the molecule is Cc1ccc(CC(NC(=O)NC(C)C(C)CO)c2ccccn2)cc1. The molecule has 0 fully saturated rings. The van der Waals surface area contributed by atoms with Gasteiger partial charge in [0.15, 0.2) is 0 Å². The summed E-state index contributed by atoms with van der Waals surface area (Å²) in [4.78, 5) is 16.8. The number of carbonyl (C=O) groups excluding carboxylic acids is 1. The first-order chi connectivity index (χ1) is 12.0. The number of aromatic nitrogens is 1. The summed E-state index contributed by atoms with van der Waals surface area (Å²) in [6, 6.07) is 13.4. The summed E-state index contributed by atoms with van der Waals surface area (Å²) in [5.41, 5.74) is 3.16. The van der Waals surface area contributed by atoms with Crippen molar-refractivity contribution in [3.8, 4) is 0 Å². The quantitative estimate of drug-likeness (QED) is 0.725. The number of aliphatic hydroxyl groups excluding tert-OH is 1. The van der Waals surface area contributed by atoms with Gasteiger partial charge in [-0.15, -0.1) is 0 Å². The van der Waals surface area contributed by atoms with Crippen LogP contribution >= 0.6 is 0 Å². The average Bonchev–Trinajstić information content (AvgIpc) is 2.62. The Hall–Kier alpha value is -2.40. The molecule has 0 spiro atoms. The van der Waals surface area contributed by atoms with Crippen molar-refractivity contribution in [2.45, 2.75) is 39.3 Å². The minimum Gasteiger partial charge on any atom is -0.396 e. The number of aliphatic hydroxyl groups is 1. The second kappa shape index (κ2) is 9.18. The predicted octanol–water partition coefficient (Wildman–Crippen LogP) is 2.99. The number of aryl methyl sites for hydroxylation is 1. The van der Waals surface area contributed by atoms with Gasteiger partial charge in [-0.2, -0.15) is 0 Å². The molecule has 2 amide bonds. The molecule has 1 heterocycles. The second-order valence-electron chi connectivity index (χ2n) is 6.56. The number of hydrogen-bond donors (Lipinski definition) is 3. The Bertz CT molecular complexity index is 658. The standard InChI is InChI=1S/C20H27N3O2/c1-14-7-9-17(10-8-14)12-19(18-6-4-5-11-21-18)23-20(25)22-16(3)15(2)13-24/h4-11,15-16,19,24H,12-13H2,1-3H3,(H2,22,23,25). The Morgan fingerprint density at radius 3 is 2.44 bits per heavy atom. The van der Waals surface area contributed by atoms with E-state index in [9.17, 15) is 9.90 Å². The Morgan fingerprint density at radius 1 is 1.12 bits per heavy atom. The fourth-order valence-corrected chi connectivity index (χ4v) is 2.48. The highest BCUT2D eigenvalue weighted by Gasteiger charge is 2.19. The van der Waals surface area contributed by atoms with Crippen molar-refractivity contribution in [3.63, 3.8) is 0 Å². The van der Waals surface area contributed by atoms with E-state index in [0.29, 0.717) is 6.42 Å². The van der Waals surface area contributed by atoms with Crippen LogP contribution in [0, 0.1) is 12.8 Å². The second-order valence-corrected chi connectivity index (χ2v) is 6.56. The highest BCUT2D eigenvalue weighted by atomic mass is 16.3. The summed E-state index contributed by atoms with van der Waals surface area (Å²) in [7, 11) is 0. The van der Waals surface area contributed by atoms with Gasteiger partial charge in [0.05, 0.1) is 11.7 Å². The summed E-state index contributed by atoms with van der Waals surface area (Å²) in [5, 5.41) is 15.1. The van der Waals surface area contributed by atoms with E-state index in [4.69, 9.17) is 0 Å². The lowest BCUT2D eigenvalue weighted by atomic mass is 10.0. The van der Waals surface area contributed by atoms with Gasteiger partial charge in [-0.05, 0) is 43.9 Å². The molecular weight excluding hydrogens is 314 g/mol. The van der Waals surface area contributed by atoms with Crippen LogP contribution in [0.3, 0.4) is 0 Å². The molecule has 1 aromatic heterocycles. The summed E-state index contributed by atoms with van der Waals surface area (Å²) < 4.78 is 0. The van der Waals surface area contributed by atoms with Crippen LogP contribution in [0.25, 0.3) is 0 Å². The molecule has 0 aliphatic carbocycles. The highest BCUT2D eigenvalue weighted by Crippen LogP contribution is 2.17. The third kappa shape index (κ3) is 5.87. The van der Waals surface area contributed by atoms with Gasteiger partial charge in [0.25, 0.3) is 0 Å². The van der Waals surface area contributed by atoms with Crippen molar-refractivity contribution in [1.82, 2.24) is 15.6 Å². The van der Waals surface area contributed by atoms with Gasteiger partial charge in [-0.3, -0.25) is 4.98 Å². The minimum absolute atomic E-state index is 0.00357. The Balaban J connectivity index is 2.09. The number of nitrogens with one attached hydrogen (secondary N) is 2. The van der Waals surface area contributed by atoms with Crippen LogP contribution in [0.15, 0.2) is 48.7 Å². The largest absolute Gasteiger partial charge is 0.396 e. The maximum absolute atomic E-state index is 12.4. The van der Waals surface area contributed by atoms with Crippen molar-refractivity contribution in [3.05, 3.63) is 65.5 Å². The molecule has 134 valence electrons. The number of urea groups is 1. The molecule has 0 saturated heterocycles. The summed E-state index contributed by atoms with van der Waals surface area (Å²) in [6.07, 6.45) is 2.39. The van der Waals surface area contributed by atoms with Gasteiger partial charge in [0, 0.05) is 18.8 Å². The van der Waals surface area contributed by atoms with E-state index in [2.05, 4.69) is 46.8 Å². The molecule has 2 rings (SSSR count). The van der Waals surface area contributed by atoms with Crippen molar-refractivity contribution in [1.29, 1.82) is 0 Å². The van der Waals surface area contributed by atoms with Crippen molar-refractivity contribution < 1.29 is 9.90 Å². The molecule has 3 atom stereocenters. The van der Waals surface area contributed by atoms with Crippen LogP contribution in [0.1, 0.15) is 36.7 Å². The van der Waals surface area contributed by atoms with Gasteiger partial charge in [-0.25, -0.2) is 4.79 Å². The van der Waals surface area contributed by atoms with Crippen molar-refractivity contribution >= 4 is 6.03 Å². The minimum atomic E-state index is -0.254. The predicted molar refractivity (Wildman–Crippen MR) is 99.2 cm³/mol. The Labute approximate surface area is 149 Å². The lowest BCUT2D eigenvalue weighted by Gasteiger charge is -2.23. The third-order valence-corrected chi connectivity index (χ3v) is 4.41. The van der Waals surface area contributed by atoms with Gasteiger partial charge >= 0.3 is 6.03 Å². The van der Waals surface area contributed by atoms with Gasteiger partial charge in [0.1, 0.15) is 0 Å². The van der Waals surface area contributed by atoms with Crippen LogP contribution in [0.4, 0.5) is 4.79 Å². The zero-order valence-corrected chi connectivity index (χ0v) is 15.1. The van der Waals surface area contributed by atoms with E-state index in [1.54, 1.807) is 6.20 Å². The van der Waals surface area contributed by atoms with Crippen LogP contribution in [-0.4, -0.2) is 28.8 Å². The van der Waals surface area contributed by atoms with Crippen LogP contribution in [0.2, 0.25) is 0 Å². The van der Waals surface area contributed by atoms with E-state index in [1.807, 2.05) is 32.0 Å². The fourth-order valence-electron chi connectivity index (χ4n) is 2.48. The molecule has 0 aliphatic rings. The van der Waals surface area contributed by atoms with E-state index < -0.39 is 0 Å². The van der Waals surface area contributed by atoms with Crippen molar-refractivity contribution in [2.75, 3.05) is 6.61 Å². The summed E-state index contributed by atoms with van der Waals surface area (Å²) >= 11 is 0. The number of amides is 2. The summed E-state index contributed by atoms with van der Waals surface area (Å²) in [6.45, 7) is 5.87. The molecule has 3 N–H and O–H groups in total. The molecule has 0 saturated carbocycles. The maximum Gasteiger partial charge on any atom is 0.315 e. The topological polar surface area (TPSA) is 74.2 Å². The first-order valence-electron chi connectivity index (χ1n) is 8.64. The molecule has 0 bridgehead atoms. The lowest BCUT2D eigenvalue weighted by Crippen LogP contribution is -2.45. The Morgan fingerprint density at radius 2 is 1.84 bits per heavy atom. The van der Waals surface area contributed by atoms with Gasteiger partial charge < -0.3 is 15.7 Å². The van der Waals surface area contributed by atoms with Gasteiger partial charge in [0.2, 0.25) is 0 Å². The zero-order chi connectivity index (χ0) is 18.2. The number of benzene rings is 1. The number of nitrogens with zero attached hydrogens (tertiary/aromatic N) is 1. The lowest BCUT2D eigenvalue weighted by molar-refractivity contribution is 0.199. The Kier molecular flexibility index (Phi) is 6.95. The number of carbonyl (C=O) groups is 1. The molecule has 5 heteroatoms. The van der Waals surface area contributed by atoms with Gasteiger partial charge in [-0.1, -0.05) is 42.8 Å². The molecular formula is C20H27N3O2. The zero-order valence-electron chi connectivity index (χ0n) is 15.1. The van der Waals surface area contributed by atoms with Crippen LogP contribution < -0.4 is 10.6 Å². The molecule has 2 aromatic rings. The third-order valence-electron chi connectivity index (χ3n) is 4.41. The molecule has 0 radical (unpaired) electrons. The monoisotopic (exact) mass is 341 g/mol. The first kappa shape index (κ1) is 18.9. The average molecular weight is 341 g/mol. The number of hydrogen-bond acceptors (Lipinski definition) is 3. The fraction of sp³-hybridized carbons (Fsp3) is 0.400. The molecule has 5 nitrogen and oxygen atoms in total. The first-order valence-corrected chi connectivity index (χ1v) is 8.64. The normalized spacial score (nSPS) is 14.4.